The molecule has 0 amide bonds. The molecule has 18 heavy (non-hydrogen) atoms. The maximum absolute atomic E-state index is 11.0. The molecular formula is C12H20N4O2. The van der Waals surface area contributed by atoms with Crippen LogP contribution < -0.4 is 5.32 Å². The summed E-state index contributed by atoms with van der Waals surface area (Å²) in [4.78, 5) is 10.7. The lowest BCUT2D eigenvalue weighted by Gasteiger charge is -2.41. The molecule has 1 heterocycles. The highest BCUT2D eigenvalue weighted by atomic mass is 16.6. The molecule has 1 aliphatic carbocycles. The highest BCUT2D eigenvalue weighted by Gasteiger charge is 2.36. The standard InChI is InChI=1S/C12H20N4O2/c1-4-12(6-5-7-12)8-13-11-10(16(17)18)9(2)14-15(11)3/h13H,4-8H2,1-3H3. The van der Waals surface area contributed by atoms with E-state index < -0.39 is 0 Å². The van der Waals surface area contributed by atoms with E-state index in [1.807, 2.05) is 0 Å². The van der Waals surface area contributed by atoms with Crippen molar-refractivity contribution in [1.82, 2.24) is 9.78 Å². The molecule has 0 unspecified atom stereocenters. The Morgan fingerprint density at radius 2 is 2.22 bits per heavy atom. The van der Waals surface area contributed by atoms with Gasteiger partial charge in [-0.3, -0.25) is 10.1 Å². The van der Waals surface area contributed by atoms with Crippen LogP contribution in [0.5, 0.6) is 0 Å². The third-order valence-electron chi connectivity index (χ3n) is 4.17. The first-order valence-electron chi connectivity index (χ1n) is 6.41. The number of aromatic nitrogens is 2. The van der Waals surface area contributed by atoms with Gasteiger partial charge in [0.1, 0.15) is 5.69 Å². The van der Waals surface area contributed by atoms with Crippen molar-refractivity contribution >= 4 is 11.5 Å². The van der Waals surface area contributed by atoms with E-state index in [-0.39, 0.29) is 10.6 Å². The zero-order valence-corrected chi connectivity index (χ0v) is 11.2. The summed E-state index contributed by atoms with van der Waals surface area (Å²) in [5.41, 5.74) is 0.888. The summed E-state index contributed by atoms with van der Waals surface area (Å²) in [5.74, 6) is 0.525. The van der Waals surface area contributed by atoms with E-state index in [0.29, 0.717) is 16.9 Å². The molecule has 6 heteroatoms. The lowest BCUT2D eigenvalue weighted by Crippen LogP contribution is -2.36. The average Bonchev–Trinajstić information content (AvgIpc) is 2.52. The molecule has 2 rings (SSSR count). The minimum Gasteiger partial charge on any atom is -0.364 e. The van der Waals surface area contributed by atoms with Crippen LogP contribution >= 0.6 is 0 Å². The van der Waals surface area contributed by atoms with Gasteiger partial charge in [-0.2, -0.15) is 5.10 Å². The van der Waals surface area contributed by atoms with Gasteiger partial charge < -0.3 is 5.32 Å². The van der Waals surface area contributed by atoms with Gasteiger partial charge in [-0.15, -0.1) is 0 Å². The van der Waals surface area contributed by atoms with Crippen LogP contribution in [0.25, 0.3) is 0 Å². The first-order valence-corrected chi connectivity index (χ1v) is 6.41. The topological polar surface area (TPSA) is 73.0 Å². The molecule has 0 spiro atoms. The molecule has 1 saturated carbocycles. The van der Waals surface area contributed by atoms with Gasteiger partial charge in [0.05, 0.1) is 4.92 Å². The Kier molecular flexibility index (Phi) is 3.28. The van der Waals surface area contributed by atoms with E-state index in [9.17, 15) is 10.1 Å². The predicted molar refractivity (Wildman–Crippen MR) is 69.7 cm³/mol. The van der Waals surface area contributed by atoms with Crippen LogP contribution in [0, 0.1) is 22.5 Å². The van der Waals surface area contributed by atoms with Crippen molar-refractivity contribution < 1.29 is 4.92 Å². The molecule has 0 aliphatic heterocycles. The lowest BCUT2D eigenvalue weighted by atomic mass is 9.67. The lowest BCUT2D eigenvalue weighted by molar-refractivity contribution is -0.384. The Balaban J connectivity index is 2.16. The van der Waals surface area contributed by atoms with Crippen molar-refractivity contribution in [3.8, 4) is 0 Å². The molecule has 0 radical (unpaired) electrons. The van der Waals surface area contributed by atoms with Gasteiger partial charge in [-0.1, -0.05) is 13.3 Å². The monoisotopic (exact) mass is 252 g/mol. The molecule has 1 aromatic rings. The van der Waals surface area contributed by atoms with Gasteiger partial charge in [0, 0.05) is 13.6 Å². The Morgan fingerprint density at radius 1 is 1.56 bits per heavy atom. The van der Waals surface area contributed by atoms with E-state index in [4.69, 9.17) is 0 Å². The van der Waals surface area contributed by atoms with Crippen molar-refractivity contribution in [1.29, 1.82) is 0 Å². The molecule has 6 nitrogen and oxygen atoms in total. The molecule has 1 aliphatic rings. The fourth-order valence-electron chi connectivity index (χ4n) is 2.67. The molecule has 100 valence electrons. The summed E-state index contributed by atoms with van der Waals surface area (Å²) in [6.07, 6.45) is 4.80. The first kappa shape index (κ1) is 12.9. The number of aryl methyl sites for hydroxylation is 2. The van der Waals surface area contributed by atoms with Crippen LogP contribution in [-0.2, 0) is 7.05 Å². The number of nitrogens with zero attached hydrogens (tertiary/aromatic N) is 3. The molecule has 0 aromatic carbocycles. The van der Waals surface area contributed by atoms with Crippen LogP contribution in [0.2, 0.25) is 0 Å². The number of hydrogen-bond acceptors (Lipinski definition) is 4. The van der Waals surface area contributed by atoms with Crippen LogP contribution in [0.1, 0.15) is 38.3 Å². The van der Waals surface area contributed by atoms with Crippen LogP contribution in [0.15, 0.2) is 0 Å². The van der Waals surface area contributed by atoms with E-state index in [1.165, 1.54) is 19.3 Å². The third-order valence-corrected chi connectivity index (χ3v) is 4.17. The van der Waals surface area contributed by atoms with Gasteiger partial charge in [-0.25, -0.2) is 4.68 Å². The summed E-state index contributed by atoms with van der Waals surface area (Å²) in [6.45, 7) is 4.65. The van der Waals surface area contributed by atoms with Gasteiger partial charge in [0.2, 0.25) is 5.82 Å². The van der Waals surface area contributed by atoms with Crippen molar-refractivity contribution in [2.45, 2.75) is 39.5 Å². The normalized spacial score (nSPS) is 17.3. The van der Waals surface area contributed by atoms with Gasteiger partial charge in [0.25, 0.3) is 0 Å². The van der Waals surface area contributed by atoms with E-state index >= 15 is 0 Å². The first-order chi connectivity index (χ1) is 8.49. The summed E-state index contributed by atoms with van der Waals surface area (Å²) in [7, 11) is 1.74. The van der Waals surface area contributed by atoms with Crippen molar-refractivity contribution in [3.05, 3.63) is 15.8 Å². The summed E-state index contributed by atoms with van der Waals surface area (Å²) in [5, 5.41) is 18.4. The van der Waals surface area contributed by atoms with Crippen molar-refractivity contribution in [2.75, 3.05) is 11.9 Å². The van der Waals surface area contributed by atoms with Crippen molar-refractivity contribution in [3.63, 3.8) is 0 Å². The SMILES string of the molecule is CCC1(CNc2c([N+](=O)[O-])c(C)nn2C)CCC1. The van der Waals surface area contributed by atoms with Crippen LogP contribution in [-0.4, -0.2) is 21.2 Å². The maximum Gasteiger partial charge on any atom is 0.333 e. The van der Waals surface area contributed by atoms with E-state index in [2.05, 4.69) is 17.3 Å². The third kappa shape index (κ3) is 2.07. The summed E-state index contributed by atoms with van der Waals surface area (Å²) in [6, 6.07) is 0. The predicted octanol–water partition coefficient (Wildman–Crippen LogP) is 2.63. The van der Waals surface area contributed by atoms with Gasteiger partial charge >= 0.3 is 5.69 Å². The Bertz CT molecular complexity index is 457. The van der Waals surface area contributed by atoms with Crippen LogP contribution in [0.3, 0.4) is 0 Å². The largest absolute Gasteiger partial charge is 0.364 e. The summed E-state index contributed by atoms with van der Waals surface area (Å²) >= 11 is 0. The van der Waals surface area contributed by atoms with Crippen molar-refractivity contribution in [2.24, 2.45) is 12.5 Å². The Morgan fingerprint density at radius 3 is 2.67 bits per heavy atom. The molecule has 0 atom stereocenters. The second-order valence-corrected chi connectivity index (χ2v) is 5.22. The number of rotatable bonds is 5. The van der Waals surface area contributed by atoms with E-state index in [1.54, 1.807) is 18.7 Å². The number of nitro groups is 1. The fourth-order valence-corrected chi connectivity index (χ4v) is 2.67. The minimum atomic E-state index is -0.357. The molecule has 0 bridgehead atoms. The minimum absolute atomic E-state index is 0.100. The van der Waals surface area contributed by atoms with Gasteiger partial charge in [0.15, 0.2) is 0 Å². The van der Waals surface area contributed by atoms with Gasteiger partial charge in [-0.05, 0) is 31.6 Å². The molecule has 1 N–H and O–H groups in total. The average molecular weight is 252 g/mol. The fraction of sp³-hybridized carbons (Fsp3) is 0.750. The van der Waals surface area contributed by atoms with Crippen LogP contribution in [0.4, 0.5) is 11.5 Å². The smallest absolute Gasteiger partial charge is 0.333 e. The highest BCUT2D eigenvalue weighted by Crippen LogP contribution is 2.44. The molecule has 1 fully saturated rings. The Labute approximate surface area is 107 Å². The second-order valence-electron chi connectivity index (χ2n) is 5.22. The highest BCUT2D eigenvalue weighted by molar-refractivity contribution is 5.59. The molecular weight excluding hydrogens is 232 g/mol. The Hall–Kier alpha value is -1.59. The molecule has 1 aromatic heterocycles. The maximum atomic E-state index is 11.0. The summed E-state index contributed by atoms with van der Waals surface area (Å²) < 4.78 is 1.56. The number of anilines is 1. The zero-order valence-electron chi connectivity index (χ0n) is 11.2. The zero-order chi connectivity index (χ0) is 13.3. The number of nitrogens with one attached hydrogen (secondary N) is 1. The molecule has 0 saturated heterocycles. The quantitative estimate of drug-likeness (QED) is 0.645. The second kappa shape index (κ2) is 4.59. The van der Waals surface area contributed by atoms with E-state index in [0.717, 1.165) is 13.0 Å². The number of hydrogen-bond donors (Lipinski definition) is 1.